The van der Waals surface area contributed by atoms with E-state index in [0.717, 1.165) is 5.56 Å². The molecule has 0 aliphatic rings. The van der Waals surface area contributed by atoms with Gasteiger partial charge in [0.15, 0.2) is 5.82 Å². The van der Waals surface area contributed by atoms with Gasteiger partial charge in [-0.3, -0.25) is 0 Å². The highest BCUT2D eigenvalue weighted by molar-refractivity contribution is 5.85. The van der Waals surface area contributed by atoms with Gasteiger partial charge in [0, 0.05) is 23.1 Å². The second kappa shape index (κ2) is 8.08. The van der Waals surface area contributed by atoms with Gasteiger partial charge in [-0.1, -0.05) is 25.9 Å². The fourth-order valence-electron chi connectivity index (χ4n) is 1.65. The van der Waals surface area contributed by atoms with Crippen LogP contribution in [0.5, 0.6) is 5.75 Å². The smallest absolute Gasteiger partial charge is 0.257 e. The van der Waals surface area contributed by atoms with Crippen LogP contribution >= 0.6 is 12.4 Å². The Balaban J connectivity index is 0.00000264. The van der Waals surface area contributed by atoms with Gasteiger partial charge in [0.05, 0.1) is 6.33 Å². The van der Waals surface area contributed by atoms with Crippen molar-refractivity contribution < 1.29 is 13.7 Å². The molecule has 2 N–H and O–H groups in total. The number of hydrogen-bond acceptors (Lipinski definition) is 5. The van der Waals surface area contributed by atoms with E-state index in [1.165, 1.54) is 0 Å². The molecule has 0 spiro atoms. The second-order valence-electron chi connectivity index (χ2n) is 5.96. The SMILES string of the molecule is CC(C)(C)c1noc(-c2ccc(OC/C(=C/F)CN)cc2)n1.Cl. The summed E-state index contributed by atoms with van der Waals surface area (Å²) in [5.41, 5.74) is 6.40. The van der Waals surface area contributed by atoms with Crippen LogP contribution in [-0.2, 0) is 5.41 Å². The van der Waals surface area contributed by atoms with Crippen molar-refractivity contribution in [1.29, 1.82) is 0 Å². The van der Waals surface area contributed by atoms with E-state index in [2.05, 4.69) is 10.1 Å². The summed E-state index contributed by atoms with van der Waals surface area (Å²) in [6.07, 6.45) is 0.473. The summed E-state index contributed by atoms with van der Waals surface area (Å²) in [6, 6.07) is 7.17. The zero-order valence-electron chi connectivity index (χ0n) is 13.4. The molecule has 7 heteroatoms. The molecule has 0 unspecified atom stereocenters. The molecule has 0 fully saturated rings. The van der Waals surface area contributed by atoms with Gasteiger partial charge < -0.3 is 15.0 Å². The summed E-state index contributed by atoms with van der Waals surface area (Å²) in [4.78, 5) is 4.39. The average molecular weight is 342 g/mol. The number of hydrogen-bond donors (Lipinski definition) is 1. The number of ether oxygens (including phenoxy) is 1. The third kappa shape index (κ3) is 5.04. The Labute approximate surface area is 141 Å². The van der Waals surface area contributed by atoms with Crippen molar-refractivity contribution in [3.8, 4) is 17.2 Å². The van der Waals surface area contributed by atoms with Crippen LogP contribution in [0.2, 0.25) is 0 Å². The summed E-state index contributed by atoms with van der Waals surface area (Å²) >= 11 is 0. The number of halogens is 2. The molecule has 126 valence electrons. The van der Waals surface area contributed by atoms with Gasteiger partial charge in [-0.05, 0) is 24.3 Å². The van der Waals surface area contributed by atoms with Crippen molar-refractivity contribution >= 4 is 12.4 Å². The third-order valence-electron chi connectivity index (χ3n) is 3.04. The van der Waals surface area contributed by atoms with Crippen LogP contribution in [0.4, 0.5) is 4.39 Å². The Morgan fingerprint density at radius 2 is 1.96 bits per heavy atom. The largest absolute Gasteiger partial charge is 0.489 e. The van der Waals surface area contributed by atoms with E-state index < -0.39 is 0 Å². The van der Waals surface area contributed by atoms with Crippen molar-refractivity contribution in [3.63, 3.8) is 0 Å². The van der Waals surface area contributed by atoms with E-state index in [1.54, 1.807) is 12.1 Å². The molecule has 0 radical (unpaired) electrons. The predicted octanol–water partition coefficient (Wildman–Crippen LogP) is 3.65. The maximum absolute atomic E-state index is 12.4. The lowest BCUT2D eigenvalue weighted by Gasteiger charge is -2.10. The summed E-state index contributed by atoms with van der Waals surface area (Å²) in [6.45, 7) is 6.32. The van der Waals surface area contributed by atoms with E-state index in [4.69, 9.17) is 15.0 Å². The first-order valence-corrected chi connectivity index (χ1v) is 6.99. The molecule has 0 amide bonds. The molecular formula is C16H21ClFN3O2. The quantitative estimate of drug-likeness (QED) is 0.898. The van der Waals surface area contributed by atoms with E-state index in [-0.39, 0.29) is 31.0 Å². The fourth-order valence-corrected chi connectivity index (χ4v) is 1.65. The highest BCUT2D eigenvalue weighted by atomic mass is 35.5. The first kappa shape index (κ1) is 19.1. The van der Waals surface area contributed by atoms with Gasteiger partial charge in [-0.2, -0.15) is 4.98 Å². The molecule has 0 saturated carbocycles. The lowest BCUT2D eigenvalue weighted by atomic mass is 9.96. The van der Waals surface area contributed by atoms with E-state index in [1.807, 2.05) is 32.9 Å². The molecule has 0 aliphatic carbocycles. The Morgan fingerprint density at radius 3 is 2.43 bits per heavy atom. The monoisotopic (exact) mass is 341 g/mol. The molecule has 23 heavy (non-hydrogen) atoms. The van der Waals surface area contributed by atoms with Gasteiger partial charge >= 0.3 is 0 Å². The van der Waals surface area contributed by atoms with Crippen molar-refractivity contribution in [1.82, 2.24) is 10.1 Å². The van der Waals surface area contributed by atoms with Gasteiger partial charge in [0.2, 0.25) is 0 Å². The topological polar surface area (TPSA) is 74.2 Å². The van der Waals surface area contributed by atoms with E-state index in [0.29, 0.717) is 29.4 Å². The maximum atomic E-state index is 12.4. The lowest BCUT2D eigenvalue weighted by molar-refractivity contribution is 0.347. The normalized spacial score (nSPS) is 12.0. The number of rotatable bonds is 5. The third-order valence-corrected chi connectivity index (χ3v) is 3.04. The highest BCUT2D eigenvalue weighted by Gasteiger charge is 2.21. The van der Waals surface area contributed by atoms with Crippen molar-refractivity contribution in [2.45, 2.75) is 26.2 Å². The standard InChI is InChI=1S/C16H20FN3O2.ClH/c1-16(2,3)15-19-14(22-20-15)12-4-6-13(7-5-12)21-10-11(8-17)9-18;/h4-8H,9-10,18H2,1-3H3;1H/b11-8+;. The van der Waals surface area contributed by atoms with E-state index in [9.17, 15) is 4.39 Å². The molecule has 2 rings (SSSR count). The maximum Gasteiger partial charge on any atom is 0.257 e. The van der Waals surface area contributed by atoms with E-state index >= 15 is 0 Å². The summed E-state index contributed by atoms with van der Waals surface area (Å²) in [5.74, 6) is 1.73. The van der Waals surface area contributed by atoms with Crippen molar-refractivity contribution in [3.05, 3.63) is 42.0 Å². The van der Waals surface area contributed by atoms with Gasteiger partial charge in [-0.15, -0.1) is 12.4 Å². The van der Waals surface area contributed by atoms with Gasteiger partial charge in [-0.25, -0.2) is 4.39 Å². The van der Waals surface area contributed by atoms with Crippen molar-refractivity contribution in [2.24, 2.45) is 5.73 Å². The van der Waals surface area contributed by atoms with Crippen LogP contribution in [0, 0.1) is 0 Å². The molecule has 0 saturated heterocycles. The Kier molecular flexibility index (Phi) is 6.72. The molecule has 1 aromatic heterocycles. The molecule has 0 atom stereocenters. The van der Waals surface area contributed by atoms with Crippen LogP contribution in [0.25, 0.3) is 11.5 Å². The Morgan fingerprint density at radius 1 is 1.30 bits per heavy atom. The zero-order valence-corrected chi connectivity index (χ0v) is 14.2. The molecule has 1 heterocycles. The number of benzene rings is 1. The lowest BCUT2D eigenvalue weighted by Crippen LogP contribution is -2.13. The van der Waals surface area contributed by atoms with Crippen LogP contribution in [-0.4, -0.2) is 23.3 Å². The summed E-state index contributed by atoms with van der Waals surface area (Å²) in [5, 5.41) is 3.99. The number of aromatic nitrogens is 2. The number of nitrogens with zero attached hydrogens (tertiary/aromatic N) is 2. The second-order valence-corrected chi connectivity index (χ2v) is 5.96. The molecule has 2 aromatic rings. The first-order chi connectivity index (χ1) is 10.4. The Bertz CT molecular complexity index is 648. The minimum atomic E-state index is -0.165. The highest BCUT2D eigenvalue weighted by Crippen LogP contribution is 2.25. The minimum Gasteiger partial charge on any atom is -0.489 e. The zero-order chi connectivity index (χ0) is 16.2. The first-order valence-electron chi connectivity index (χ1n) is 6.99. The summed E-state index contributed by atoms with van der Waals surface area (Å²) in [7, 11) is 0. The van der Waals surface area contributed by atoms with Crippen LogP contribution in [0.15, 0.2) is 40.7 Å². The molecule has 0 bridgehead atoms. The molecule has 5 nitrogen and oxygen atoms in total. The van der Waals surface area contributed by atoms with Crippen LogP contribution in [0.3, 0.4) is 0 Å². The molecule has 1 aromatic carbocycles. The molecular weight excluding hydrogens is 321 g/mol. The van der Waals surface area contributed by atoms with Crippen molar-refractivity contribution in [2.75, 3.05) is 13.2 Å². The fraction of sp³-hybridized carbons (Fsp3) is 0.375. The minimum absolute atomic E-state index is 0. The van der Waals surface area contributed by atoms with Crippen LogP contribution in [0.1, 0.15) is 26.6 Å². The van der Waals surface area contributed by atoms with Crippen LogP contribution < -0.4 is 10.5 Å². The van der Waals surface area contributed by atoms with Gasteiger partial charge in [0.25, 0.3) is 5.89 Å². The average Bonchev–Trinajstić information content (AvgIpc) is 2.99. The molecule has 0 aliphatic heterocycles. The Hall–Kier alpha value is -1.92. The van der Waals surface area contributed by atoms with Gasteiger partial charge in [0.1, 0.15) is 12.4 Å². The summed E-state index contributed by atoms with van der Waals surface area (Å²) < 4.78 is 23.1. The number of nitrogens with two attached hydrogens (primary N) is 1. The predicted molar refractivity (Wildman–Crippen MR) is 89.4 cm³/mol.